The fourth-order valence-corrected chi connectivity index (χ4v) is 2.49. The van der Waals surface area contributed by atoms with Crippen molar-refractivity contribution in [3.05, 3.63) is 0 Å². The third-order valence-corrected chi connectivity index (χ3v) is 3.93. The smallest absolute Gasteiger partial charge is 0.407 e. The van der Waals surface area contributed by atoms with Gasteiger partial charge in [0.25, 0.3) is 0 Å². The van der Waals surface area contributed by atoms with Crippen molar-refractivity contribution in [2.24, 2.45) is 11.1 Å². The predicted molar refractivity (Wildman–Crippen MR) is 64.7 cm³/mol. The lowest BCUT2D eigenvalue weighted by atomic mass is 9.69. The molecule has 0 bridgehead atoms. The van der Waals surface area contributed by atoms with Gasteiger partial charge in [-0.05, 0) is 32.2 Å². The Balaban J connectivity index is 2.74. The number of hydrogen-bond acceptors (Lipinski definition) is 2. The summed E-state index contributed by atoms with van der Waals surface area (Å²) in [6, 6.07) is 0. The number of carbonyl (C=O) groups is 1. The summed E-state index contributed by atoms with van der Waals surface area (Å²) in [7, 11) is 0. The van der Waals surface area contributed by atoms with Gasteiger partial charge < -0.3 is 15.7 Å². The second kappa shape index (κ2) is 5.21. The summed E-state index contributed by atoms with van der Waals surface area (Å²) >= 11 is 0. The van der Waals surface area contributed by atoms with Crippen LogP contribution in [0.4, 0.5) is 9.18 Å². The van der Waals surface area contributed by atoms with Crippen molar-refractivity contribution < 1.29 is 14.3 Å². The lowest BCUT2D eigenvalue weighted by molar-refractivity contribution is -0.0461. The summed E-state index contributed by atoms with van der Waals surface area (Å²) in [5.41, 5.74) is 3.50. The van der Waals surface area contributed by atoms with Crippen LogP contribution < -0.4 is 5.73 Å². The molecule has 1 fully saturated rings. The van der Waals surface area contributed by atoms with Gasteiger partial charge in [-0.15, -0.1) is 0 Å². The predicted octanol–water partition coefficient (Wildman–Crippen LogP) is 2.23. The number of alkyl halides is 1. The van der Waals surface area contributed by atoms with Gasteiger partial charge in [0.15, 0.2) is 0 Å². The van der Waals surface area contributed by atoms with Gasteiger partial charge in [-0.2, -0.15) is 0 Å². The quantitative estimate of drug-likeness (QED) is 0.799. The minimum Gasteiger partial charge on any atom is -0.465 e. The largest absolute Gasteiger partial charge is 0.465 e. The second-order valence-electron chi connectivity index (χ2n) is 5.55. The average Bonchev–Trinajstić information content (AvgIpc) is 2.26. The van der Waals surface area contributed by atoms with E-state index in [1.165, 1.54) is 4.90 Å². The van der Waals surface area contributed by atoms with E-state index in [2.05, 4.69) is 0 Å². The number of piperidine rings is 1. The molecule has 0 spiro atoms. The SMILES string of the molecule is CC(C)(CCCN)[C@]1(F)CCCN(C(=O)O)C1. The van der Waals surface area contributed by atoms with Crippen molar-refractivity contribution in [1.82, 2.24) is 4.90 Å². The normalized spacial score (nSPS) is 26.0. The molecule has 0 aromatic carbocycles. The Morgan fingerprint density at radius 1 is 1.59 bits per heavy atom. The van der Waals surface area contributed by atoms with Gasteiger partial charge in [0, 0.05) is 12.0 Å². The molecule has 3 N–H and O–H groups in total. The number of amides is 1. The summed E-state index contributed by atoms with van der Waals surface area (Å²) in [6.07, 6.45) is 1.46. The molecule has 1 saturated heterocycles. The summed E-state index contributed by atoms with van der Waals surface area (Å²) in [5.74, 6) is 0. The highest BCUT2D eigenvalue weighted by molar-refractivity contribution is 5.65. The Bertz CT molecular complexity index is 284. The molecule has 0 radical (unpaired) electrons. The van der Waals surface area contributed by atoms with Crippen molar-refractivity contribution >= 4 is 6.09 Å². The maximum atomic E-state index is 14.9. The lowest BCUT2D eigenvalue weighted by Crippen LogP contribution is -2.54. The van der Waals surface area contributed by atoms with Crippen molar-refractivity contribution in [1.29, 1.82) is 0 Å². The number of nitrogens with zero attached hydrogens (tertiary/aromatic N) is 1. The number of likely N-dealkylation sites (tertiary alicyclic amines) is 1. The molecule has 1 rings (SSSR count). The van der Waals surface area contributed by atoms with Gasteiger partial charge in [-0.3, -0.25) is 0 Å². The van der Waals surface area contributed by atoms with Crippen LogP contribution in [-0.4, -0.2) is 41.4 Å². The Labute approximate surface area is 102 Å². The van der Waals surface area contributed by atoms with Gasteiger partial charge in [0.05, 0.1) is 6.54 Å². The van der Waals surface area contributed by atoms with E-state index in [1.807, 2.05) is 13.8 Å². The fourth-order valence-electron chi connectivity index (χ4n) is 2.49. The Morgan fingerprint density at radius 3 is 2.76 bits per heavy atom. The minimum atomic E-state index is -1.43. The van der Waals surface area contributed by atoms with Crippen LogP contribution in [0.5, 0.6) is 0 Å². The highest BCUT2D eigenvalue weighted by atomic mass is 19.1. The molecule has 5 heteroatoms. The van der Waals surface area contributed by atoms with Gasteiger partial charge in [0.2, 0.25) is 0 Å². The van der Waals surface area contributed by atoms with Crippen LogP contribution in [-0.2, 0) is 0 Å². The molecule has 0 aromatic rings. The van der Waals surface area contributed by atoms with Crippen molar-refractivity contribution in [3.8, 4) is 0 Å². The van der Waals surface area contributed by atoms with E-state index < -0.39 is 17.2 Å². The summed E-state index contributed by atoms with van der Waals surface area (Å²) in [4.78, 5) is 12.1. The van der Waals surface area contributed by atoms with Gasteiger partial charge in [-0.25, -0.2) is 9.18 Å². The average molecular weight is 246 g/mol. The van der Waals surface area contributed by atoms with E-state index in [4.69, 9.17) is 10.8 Å². The molecule has 17 heavy (non-hydrogen) atoms. The number of rotatable bonds is 4. The van der Waals surface area contributed by atoms with Gasteiger partial charge >= 0.3 is 6.09 Å². The van der Waals surface area contributed by atoms with Crippen LogP contribution in [0, 0.1) is 5.41 Å². The zero-order chi connectivity index (χ0) is 13.1. The molecule has 1 aliphatic heterocycles. The molecule has 1 atom stereocenters. The summed E-state index contributed by atoms with van der Waals surface area (Å²) in [5, 5.41) is 8.95. The van der Waals surface area contributed by atoms with Crippen molar-refractivity contribution in [2.45, 2.75) is 45.2 Å². The molecule has 0 unspecified atom stereocenters. The fraction of sp³-hybridized carbons (Fsp3) is 0.917. The zero-order valence-corrected chi connectivity index (χ0v) is 10.7. The monoisotopic (exact) mass is 246 g/mol. The van der Waals surface area contributed by atoms with Crippen LogP contribution >= 0.6 is 0 Å². The lowest BCUT2D eigenvalue weighted by Gasteiger charge is -2.46. The Kier molecular flexibility index (Phi) is 4.36. The molecule has 1 heterocycles. The van der Waals surface area contributed by atoms with E-state index in [-0.39, 0.29) is 6.54 Å². The standard InChI is InChI=1S/C12H23FN2O2/c1-11(2,5-3-7-14)12(13)6-4-8-15(9-12)10(16)17/h3-9,14H2,1-2H3,(H,16,17)/t12-/m0/s1. The van der Waals surface area contributed by atoms with Crippen LogP contribution in [0.25, 0.3) is 0 Å². The van der Waals surface area contributed by atoms with Crippen LogP contribution in [0.15, 0.2) is 0 Å². The maximum Gasteiger partial charge on any atom is 0.407 e. The summed E-state index contributed by atoms with van der Waals surface area (Å²) < 4.78 is 14.9. The maximum absolute atomic E-state index is 14.9. The van der Waals surface area contributed by atoms with E-state index >= 15 is 0 Å². The first-order valence-electron chi connectivity index (χ1n) is 6.19. The summed E-state index contributed by atoms with van der Waals surface area (Å²) in [6.45, 7) is 4.71. The molecule has 0 saturated carbocycles. The Morgan fingerprint density at radius 2 is 2.24 bits per heavy atom. The van der Waals surface area contributed by atoms with E-state index in [9.17, 15) is 9.18 Å². The number of halogens is 1. The van der Waals surface area contributed by atoms with E-state index in [0.717, 1.165) is 6.42 Å². The van der Waals surface area contributed by atoms with Crippen LogP contribution in [0.1, 0.15) is 39.5 Å². The third kappa shape index (κ3) is 3.09. The molecule has 100 valence electrons. The molecular formula is C12H23FN2O2. The third-order valence-electron chi connectivity index (χ3n) is 3.93. The highest BCUT2D eigenvalue weighted by Crippen LogP contribution is 2.44. The van der Waals surface area contributed by atoms with Crippen LogP contribution in [0.2, 0.25) is 0 Å². The molecule has 1 aliphatic rings. The zero-order valence-electron chi connectivity index (χ0n) is 10.7. The van der Waals surface area contributed by atoms with E-state index in [1.54, 1.807) is 0 Å². The molecule has 0 aromatic heterocycles. The van der Waals surface area contributed by atoms with E-state index in [0.29, 0.717) is 32.4 Å². The molecule has 0 aliphatic carbocycles. The first-order valence-corrected chi connectivity index (χ1v) is 6.19. The molecule has 1 amide bonds. The van der Waals surface area contributed by atoms with Gasteiger partial charge in [-0.1, -0.05) is 13.8 Å². The first kappa shape index (κ1) is 14.2. The second-order valence-corrected chi connectivity index (χ2v) is 5.55. The number of nitrogens with two attached hydrogens (primary N) is 1. The minimum absolute atomic E-state index is 0.0140. The van der Waals surface area contributed by atoms with Crippen molar-refractivity contribution in [3.63, 3.8) is 0 Å². The van der Waals surface area contributed by atoms with Gasteiger partial charge in [0.1, 0.15) is 5.67 Å². The van der Waals surface area contributed by atoms with Crippen LogP contribution in [0.3, 0.4) is 0 Å². The molecular weight excluding hydrogens is 223 g/mol. The van der Waals surface area contributed by atoms with Crippen molar-refractivity contribution in [2.75, 3.05) is 19.6 Å². The highest BCUT2D eigenvalue weighted by Gasteiger charge is 2.48. The number of carboxylic acid groups (broad SMARTS) is 1. The number of hydrogen-bond donors (Lipinski definition) is 2. The Hall–Kier alpha value is -0.840. The molecule has 4 nitrogen and oxygen atoms in total. The first-order chi connectivity index (χ1) is 7.82. The topological polar surface area (TPSA) is 66.6 Å².